The summed E-state index contributed by atoms with van der Waals surface area (Å²) in [6.07, 6.45) is 5.23. The van der Waals surface area contributed by atoms with Gasteiger partial charge in [-0.1, -0.05) is 54.6 Å². The maximum Gasteiger partial charge on any atom is 0.229 e. The minimum Gasteiger partial charge on any atom is -0.310 e. The predicted octanol–water partition coefficient (Wildman–Crippen LogP) is 3.82. The molecule has 1 amide bonds. The van der Waals surface area contributed by atoms with Crippen LogP contribution in [0.25, 0.3) is 16.9 Å². The van der Waals surface area contributed by atoms with Gasteiger partial charge in [0, 0.05) is 18.5 Å². The lowest BCUT2D eigenvalue weighted by Gasteiger charge is -2.08. The number of imidazole rings is 1. The van der Waals surface area contributed by atoms with Crippen LogP contribution in [-0.4, -0.2) is 25.4 Å². The van der Waals surface area contributed by atoms with E-state index in [1.54, 1.807) is 12.3 Å². The Morgan fingerprint density at radius 3 is 2.43 bits per heavy atom. The van der Waals surface area contributed by atoms with E-state index < -0.39 is 0 Å². The topological polar surface area (TPSA) is 72.7 Å². The van der Waals surface area contributed by atoms with Crippen LogP contribution in [0.5, 0.6) is 0 Å². The molecule has 4 rings (SSSR count). The van der Waals surface area contributed by atoms with Gasteiger partial charge in [0.15, 0.2) is 0 Å². The Balaban J connectivity index is 1.43. The Bertz CT molecular complexity index is 1090. The van der Waals surface area contributed by atoms with Gasteiger partial charge in [0.05, 0.1) is 6.42 Å². The van der Waals surface area contributed by atoms with E-state index in [0.717, 1.165) is 22.5 Å². The molecule has 2 heterocycles. The first-order valence-corrected chi connectivity index (χ1v) is 8.95. The highest BCUT2D eigenvalue weighted by atomic mass is 16.1. The Labute approximate surface area is 162 Å². The van der Waals surface area contributed by atoms with E-state index in [1.807, 2.05) is 60.2 Å². The molecule has 6 nitrogen and oxygen atoms in total. The van der Waals surface area contributed by atoms with Crippen LogP contribution < -0.4 is 5.32 Å². The molecule has 0 spiro atoms. The first-order chi connectivity index (χ1) is 13.7. The fourth-order valence-electron chi connectivity index (χ4n) is 2.99. The third-order valence-electron chi connectivity index (χ3n) is 4.42. The summed E-state index contributed by atoms with van der Waals surface area (Å²) >= 11 is 0. The molecule has 2 aromatic heterocycles. The van der Waals surface area contributed by atoms with Crippen molar-refractivity contribution < 1.29 is 4.79 Å². The number of hydrogen-bond acceptors (Lipinski definition) is 4. The first kappa shape index (κ1) is 17.6. The molecule has 2 aromatic carbocycles. The summed E-state index contributed by atoms with van der Waals surface area (Å²) in [6, 6.07) is 19.9. The number of benzene rings is 2. The standard InChI is InChI=1S/C22H19N5O/c1-16-23-11-12-27(16)21-14-20(24-15-25-21)26-22(28)13-17-7-9-19(10-8-17)18-5-3-2-4-6-18/h2-12,14-15H,13H2,1H3,(H,24,25,26,28). The van der Waals surface area contributed by atoms with E-state index in [0.29, 0.717) is 11.6 Å². The van der Waals surface area contributed by atoms with E-state index in [2.05, 4.69) is 32.4 Å². The smallest absolute Gasteiger partial charge is 0.229 e. The van der Waals surface area contributed by atoms with E-state index in [9.17, 15) is 4.79 Å². The third-order valence-corrected chi connectivity index (χ3v) is 4.42. The summed E-state index contributed by atoms with van der Waals surface area (Å²) < 4.78 is 1.83. The quantitative estimate of drug-likeness (QED) is 0.580. The van der Waals surface area contributed by atoms with Gasteiger partial charge in [-0.15, -0.1) is 0 Å². The fourth-order valence-corrected chi connectivity index (χ4v) is 2.99. The normalized spacial score (nSPS) is 10.6. The van der Waals surface area contributed by atoms with Gasteiger partial charge < -0.3 is 5.32 Å². The van der Waals surface area contributed by atoms with Gasteiger partial charge in [0.1, 0.15) is 23.8 Å². The summed E-state index contributed by atoms with van der Waals surface area (Å²) in [5.74, 6) is 1.81. The fraction of sp³-hybridized carbons (Fsp3) is 0.0909. The number of nitrogens with one attached hydrogen (secondary N) is 1. The number of rotatable bonds is 5. The Morgan fingerprint density at radius 1 is 0.964 bits per heavy atom. The summed E-state index contributed by atoms with van der Waals surface area (Å²) in [5.41, 5.74) is 3.22. The summed E-state index contributed by atoms with van der Waals surface area (Å²) in [7, 11) is 0. The minimum atomic E-state index is -0.125. The van der Waals surface area contributed by atoms with Crippen molar-refractivity contribution >= 4 is 11.7 Å². The number of aryl methyl sites for hydroxylation is 1. The number of nitrogens with zero attached hydrogens (tertiary/aromatic N) is 4. The summed E-state index contributed by atoms with van der Waals surface area (Å²) in [4.78, 5) is 25.0. The maximum absolute atomic E-state index is 12.4. The van der Waals surface area contributed by atoms with Crippen LogP contribution in [-0.2, 0) is 11.2 Å². The van der Waals surface area contributed by atoms with Crippen LogP contribution in [0, 0.1) is 6.92 Å². The molecule has 1 N–H and O–H groups in total. The minimum absolute atomic E-state index is 0.125. The second kappa shape index (κ2) is 7.84. The molecule has 0 saturated heterocycles. The average molecular weight is 369 g/mol. The largest absolute Gasteiger partial charge is 0.310 e. The first-order valence-electron chi connectivity index (χ1n) is 8.95. The molecule has 0 atom stereocenters. The molecular formula is C22H19N5O. The lowest BCUT2D eigenvalue weighted by molar-refractivity contribution is -0.115. The zero-order valence-corrected chi connectivity index (χ0v) is 15.4. The maximum atomic E-state index is 12.4. The SMILES string of the molecule is Cc1nccn1-c1cc(NC(=O)Cc2ccc(-c3ccccc3)cc2)ncn1. The summed E-state index contributed by atoms with van der Waals surface area (Å²) in [5, 5.41) is 2.83. The van der Waals surface area contributed by atoms with Crippen molar-refractivity contribution in [2.24, 2.45) is 0 Å². The second-order valence-electron chi connectivity index (χ2n) is 6.39. The van der Waals surface area contributed by atoms with Gasteiger partial charge >= 0.3 is 0 Å². The van der Waals surface area contributed by atoms with Crippen LogP contribution in [0.2, 0.25) is 0 Å². The molecule has 0 radical (unpaired) electrons. The van der Waals surface area contributed by atoms with Crippen molar-refractivity contribution in [2.45, 2.75) is 13.3 Å². The van der Waals surface area contributed by atoms with Crippen molar-refractivity contribution in [2.75, 3.05) is 5.32 Å². The number of carbonyl (C=O) groups excluding carboxylic acids is 1. The highest BCUT2D eigenvalue weighted by molar-refractivity contribution is 5.91. The van der Waals surface area contributed by atoms with E-state index >= 15 is 0 Å². The molecule has 0 aliphatic carbocycles. The van der Waals surface area contributed by atoms with E-state index in [1.165, 1.54) is 6.33 Å². The molecule has 0 aliphatic rings. The van der Waals surface area contributed by atoms with Crippen molar-refractivity contribution in [1.29, 1.82) is 0 Å². The Kier molecular flexibility index (Phi) is 4.93. The van der Waals surface area contributed by atoms with Crippen LogP contribution in [0.1, 0.15) is 11.4 Å². The molecule has 4 aromatic rings. The van der Waals surface area contributed by atoms with Crippen molar-refractivity contribution in [3.05, 3.63) is 90.8 Å². The van der Waals surface area contributed by atoms with Gasteiger partial charge in [-0.25, -0.2) is 15.0 Å². The van der Waals surface area contributed by atoms with Crippen LogP contribution in [0.15, 0.2) is 79.4 Å². The Hall–Kier alpha value is -3.80. The van der Waals surface area contributed by atoms with Gasteiger partial charge in [-0.2, -0.15) is 0 Å². The average Bonchev–Trinajstić information content (AvgIpc) is 3.15. The zero-order valence-electron chi connectivity index (χ0n) is 15.4. The molecule has 0 unspecified atom stereocenters. The third kappa shape index (κ3) is 3.96. The highest BCUT2D eigenvalue weighted by Gasteiger charge is 2.08. The monoisotopic (exact) mass is 369 g/mol. The number of amides is 1. The number of hydrogen-bond donors (Lipinski definition) is 1. The van der Waals surface area contributed by atoms with Crippen LogP contribution >= 0.6 is 0 Å². The number of anilines is 1. The molecule has 0 bridgehead atoms. The zero-order chi connectivity index (χ0) is 19.3. The van der Waals surface area contributed by atoms with Crippen molar-refractivity contribution in [3.63, 3.8) is 0 Å². The van der Waals surface area contributed by atoms with E-state index in [-0.39, 0.29) is 12.3 Å². The van der Waals surface area contributed by atoms with Gasteiger partial charge in [0.2, 0.25) is 5.91 Å². The van der Waals surface area contributed by atoms with Gasteiger partial charge in [-0.3, -0.25) is 9.36 Å². The van der Waals surface area contributed by atoms with Gasteiger partial charge in [-0.05, 0) is 23.6 Å². The molecule has 28 heavy (non-hydrogen) atoms. The molecule has 6 heteroatoms. The molecule has 0 fully saturated rings. The molecule has 0 aliphatic heterocycles. The molecule has 138 valence electrons. The Morgan fingerprint density at radius 2 is 1.71 bits per heavy atom. The van der Waals surface area contributed by atoms with Crippen molar-refractivity contribution in [3.8, 4) is 16.9 Å². The van der Waals surface area contributed by atoms with E-state index in [4.69, 9.17) is 0 Å². The van der Waals surface area contributed by atoms with Crippen molar-refractivity contribution in [1.82, 2.24) is 19.5 Å². The highest BCUT2D eigenvalue weighted by Crippen LogP contribution is 2.19. The van der Waals surface area contributed by atoms with Crippen LogP contribution in [0.4, 0.5) is 5.82 Å². The molecular weight excluding hydrogens is 350 g/mol. The number of carbonyl (C=O) groups is 1. The van der Waals surface area contributed by atoms with Crippen LogP contribution in [0.3, 0.4) is 0 Å². The lowest BCUT2D eigenvalue weighted by Crippen LogP contribution is -2.16. The summed E-state index contributed by atoms with van der Waals surface area (Å²) in [6.45, 7) is 1.89. The predicted molar refractivity (Wildman–Crippen MR) is 108 cm³/mol. The number of aromatic nitrogens is 4. The van der Waals surface area contributed by atoms with Gasteiger partial charge in [0.25, 0.3) is 0 Å². The lowest BCUT2D eigenvalue weighted by atomic mass is 10.0. The molecule has 0 saturated carbocycles. The second-order valence-corrected chi connectivity index (χ2v) is 6.39.